The van der Waals surface area contributed by atoms with Crippen molar-refractivity contribution in [2.24, 2.45) is 0 Å². The van der Waals surface area contributed by atoms with Gasteiger partial charge in [0.1, 0.15) is 0 Å². The Morgan fingerprint density at radius 3 is 2.00 bits per heavy atom. The lowest BCUT2D eigenvalue weighted by molar-refractivity contribution is -0.109. The number of hydrogen-bond donors (Lipinski definition) is 1. The van der Waals surface area contributed by atoms with Crippen LogP contribution in [0.2, 0.25) is 0 Å². The van der Waals surface area contributed by atoms with Gasteiger partial charge in [-0.2, -0.15) is 0 Å². The monoisotopic (exact) mass is 214 g/mol. The first-order chi connectivity index (χ1) is 6.85. The molecule has 0 radical (unpaired) electrons. The van der Waals surface area contributed by atoms with E-state index >= 15 is 0 Å². The fraction of sp³-hybridized carbons (Fsp3) is 1.00. The molecule has 1 N–H and O–H groups in total. The van der Waals surface area contributed by atoms with E-state index in [1.54, 1.807) is 0 Å². The molecule has 0 aliphatic carbocycles. The Hall–Kier alpha value is -0.120. The minimum absolute atomic E-state index is 0.102. The second-order valence-corrected chi connectivity index (χ2v) is 5.39. The van der Waals surface area contributed by atoms with Gasteiger partial charge in [-0.05, 0) is 41.8 Å². The summed E-state index contributed by atoms with van der Waals surface area (Å²) < 4.78 is 5.81. The SMILES string of the molecule is CC(C)NC1(N(C)C)C[C@@H](C)O[C@@H](C)C1. The van der Waals surface area contributed by atoms with Gasteiger partial charge in [-0.25, -0.2) is 0 Å². The van der Waals surface area contributed by atoms with Gasteiger partial charge in [0, 0.05) is 18.9 Å². The average Bonchev–Trinajstić information content (AvgIpc) is 1.99. The molecule has 1 fully saturated rings. The number of ether oxygens (including phenoxy) is 1. The molecule has 0 bridgehead atoms. The van der Waals surface area contributed by atoms with Crippen LogP contribution < -0.4 is 5.32 Å². The van der Waals surface area contributed by atoms with Gasteiger partial charge < -0.3 is 4.74 Å². The number of rotatable bonds is 3. The Morgan fingerprint density at radius 1 is 1.20 bits per heavy atom. The van der Waals surface area contributed by atoms with E-state index in [0.717, 1.165) is 12.8 Å². The molecule has 15 heavy (non-hydrogen) atoms. The molecule has 0 spiro atoms. The Balaban J connectivity index is 2.79. The predicted molar refractivity (Wildman–Crippen MR) is 63.9 cm³/mol. The van der Waals surface area contributed by atoms with E-state index in [1.165, 1.54) is 0 Å². The zero-order valence-corrected chi connectivity index (χ0v) is 11.0. The molecule has 0 aromatic carbocycles. The highest BCUT2D eigenvalue weighted by Gasteiger charge is 2.40. The van der Waals surface area contributed by atoms with Crippen molar-refractivity contribution in [2.75, 3.05) is 14.1 Å². The molecule has 3 heteroatoms. The second kappa shape index (κ2) is 4.81. The average molecular weight is 214 g/mol. The van der Waals surface area contributed by atoms with Crippen LogP contribution in [0.1, 0.15) is 40.5 Å². The third-order valence-corrected chi connectivity index (χ3v) is 3.13. The van der Waals surface area contributed by atoms with Gasteiger partial charge in [0.05, 0.1) is 17.9 Å². The van der Waals surface area contributed by atoms with Crippen molar-refractivity contribution in [3.8, 4) is 0 Å². The lowest BCUT2D eigenvalue weighted by Crippen LogP contribution is -2.63. The van der Waals surface area contributed by atoms with Gasteiger partial charge in [-0.3, -0.25) is 10.2 Å². The van der Waals surface area contributed by atoms with E-state index < -0.39 is 0 Å². The molecule has 1 rings (SSSR count). The Morgan fingerprint density at radius 2 is 1.67 bits per heavy atom. The molecule has 90 valence electrons. The molecule has 0 saturated carbocycles. The Kier molecular flexibility index (Phi) is 4.15. The van der Waals surface area contributed by atoms with Crippen LogP contribution in [0.3, 0.4) is 0 Å². The molecule has 3 nitrogen and oxygen atoms in total. The number of hydrogen-bond acceptors (Lipinski definition) is 3. The van der Waals surface area contributed by atoms with Crippen LogP contribution in [0, 0.1) is 0 Å². The summed E-state index contributed by atoms with van der Waals surface area (Å²) in [6, 6.07) is 0.505. The Bertz CT molecular complexity index is 188. The molecular weight excluding hydrogens is 188 g/mol. The van der Waals surface area contributed by atoms with Crippen molar-refractivity contribution in [3.05, 3.63) is 0 Å². The normalized spacial score (nSPS) is 37.6. The van der Waals surface area contributed by atoms with Gasteiger partial charge in [0.25, 0.3) is 0 Å². The summed E-state index contributed by atoms with van der Waals surface area (Å²) in [5.74, 6) is 0. The highest BCUT2D eigenvalue weighted by molar-refractivity contribution is 4.93. The van der Waals surface area contributed by atoms with Gasteiger partial charge in [0.2, 0.25) is 0 Å². The first-order valence-corrected chi connectivity index (χ1v) is 5.96. The quantitative estimate of drug-likeness (QED) is 0.725. The fourth-order valence-corrected chi connectivity index (χ4v) is 2.68. The van der Waals surface area contributed by atoms with Crippen molar-refractivity contribution in [2.45, 2.75) is 64.4 Å². The molecule has 3 atom stereocenters. The first-order valence-electron chi connectivity index (χ1n) is 5.96. The maximum Gasteiger partial charge on any atom is 0.0759 e. The fourth-order valence-electron chi connectivity index (χ4n) is 2.68. The van der Waals surface area contributed by atoms with Crippen molar-refractivity contribution in [1.82, 2.24) is 10.2 Å². The summed E-state index contributed by atoms with van der Waals surface area (Å²) in [5.41, 5.74) is 0.102. The van der Waals surface area contributed by atoms with Gasteiger partial charge >= 0.3 is 0 Å². The van der Waals surface area contributed by atoms with Crippen molar-refractivity contribution in [3.63, 3.8) is 0 Å². The standard InChI is InChI=1S/C12H26N2O/c1-9(2)13-12(14(5)6)7-10(3)15-11(4)8-12/h9-11,13H,7-8H2,1-6H3/t10-,11+,12?. The molecule has 0 aromatic heterocycles. The second-order valence-electron chi connectivity index (χ2n) is 5.39. The molecule has 0 aromatic rings. The van der Waals surface area contributed by atoms with E-state index in [-0.39, 0.29) is 5.66 Å². The molecule has 1 aliphatic rings. The van der Waals surface area contributed by atoms with E-state index in [1.807, 2.05) is 0 Å². The number of nitrogens with zero attached hydrogens (tertiary/aromatic N) is 1. The molecule has 1 aliphatic heterocycles. The van der Waals surface area contributed by atoms with Crippen molar-refractivity contribution >= 4 is 0 Å². The van der Waals surface area contributed by atoms with E-state index in [9.17, 15) is 0 Å². The molecular formula is C12H26N2O. The van der Waals surface area contributed by atoms with Crippen LogP contribution in [-0.2, 0) is 4.74 Å². The zero-order valence-electron chi connectivity index (χ0n) is 11.0. The van der Waals surface area contributed by atoms with Gasteiger partial charge in [-0.15, -0.1) is 0 Å². The largest absolute Gasteiger partial charge is 0.375 e. The van der Waals surface area contributed by atoms with E-state index in [4.69, 9.17) is 4.74 Å². The Labute approximate surface area is 94.2 Å². The molecule has 1 heterocycles. The predicted octanol–water partition coefficient (Wildman–Crippen LogP) is 1.83. The third kappa shape index (κ3) is 3.16. The smallest absolute Gasteiger partial charge is 0.0759 e. The lowest BCUT2D eigenvalue weighted by Gasteiger charge is -2.48. The van der Waals surface area contributed by atoms with Crippen LogP contribution >= 0.6 is 0 Å². The summed E-state index contributed by atoms with van der Waals surface area (Å²) in [7, 11) is 4.31. The van der Waals surface area contributed by atoms with Gasteiger partial charge in [-0.1, -0.05) is 0 Å². The summed E-state index contributed by atoms with van der Waals surface area (Å²) >= 11 is 0. The first kappa shape index (κ1) is 12.9. The topological polar surface area (TPSA) is 24.5 Å². The van der Waals surface area contributed by atoms with Crippen LogP contribution in [0.25, 0.3) is 0 Å². The maximum atomic E-state index is 5.81. The van der Waals surface area contributed by atoms with E-state index in [0.29, 0.717) is 18.2 Å². The van der Waals surface area contributed by atoms with Crippen molar-refractivity contribution < 1.29 is 4.74 Å². The summed E-state index contributed by atoms with van der Waals surface area (Å²) in [4.78, 5) is 2.31. The maximum absolute atomic E-state index is 5.81. The van der Waals surface area contributed by atoms with Gasteiger partial charge in [0.15, 0.2) is 0 Å². The van der Waals surface area contributed by atoms with E-state index in [2.05, 4.69) is 52.0 Å². The molecule has 1 unspecified atom stereocenters. The highest BCUT2D eigenvalue weighted by Crippen LogP contribution is 2.30. The van der Waals surface area contributed by atoms with Crippen LogP contribution in [0.15, 0.2) is 0 Å². The summed E-state index contributed by atoms with van der Waals surface area (Å²) in [6.45, 7) is 8.73. The van der Waals surface area contributed by atoms with Crippen LogP contribution in [0.5, 0.6) is 0 Å². The zero-order chi connectivity index (χ0) is 11.6. The minimum atomic E-state index is 0.102. The number of nitrogens with one attached hydrogen (secondary N) is 1. The highest BCUT2D eigenvalue weighted by atomic mass is 16.5. The van der Waals surface area contributed by atoms with Crippen LogP contribution in [0.4, 0.5) is 0 Å². The minimum Gasteiger partial charge on any atom is -0.375 e. The molecule has 0 amide bonds. The lowest BCUT2D eigenvalue weighted by atomic mass is 9.90. The summed E-state index contributed by atoms with van der Waals surface area (Å²) in [5, 5.41) is 3.70. The van der Waals surface area contributed by atoms with Crippen molar-refractivity contribution in [1.29, 1.82) is 0 Å². The van der Waals surface area contributed by atoms with Crippen LogP contribution in [-0.4, -0.2) is 42.9 Å². The third-order valence-electron chi connectivity index (χ3n) is 3.13. The molecule has 1 saturated heterocycles. The summed E-state index contributed by atoms with van der Waals surface area (Å²) in [6.07, 6.45) is 2.79.